The molecule has 1 saturated heterocycles. The van der Waals surface area contributed by atoms with E-state index in [-0.39, 0.29) is 5.91 Å². The Morgan fingerprint density at radius 2 is 2.04 bits per heavy atom. The van der Waals surface area contributed by atoms with Crippen molar-refractivity contribution in [3.8, 4) is 0 Å². The molecule has 0 saturated carbocycles. The zero-order chi connectivity index (χ0) is 16.9. The molecule has 0 atom stereocenters. The summed E-state index contributed by atoms with van der Waals surface area (Å²) >= 11 is 7.79. The molecule has 3 rings (SSSR count). The fourth-order valence-corrected chi connectivity index (χ4v) is 3.52. The van der Waals surface area contributed by atoms with Crippen molar-refractivity contribution in [2.24, 2.45) is 0 Å². The molecule has 1 aliphatic heterocycles. The zero-order valence-electron chi connectivity index (χ0n) is 13.6. The zero-order valence-corrected chi connectivity index (χ0v) is 15.2. The second-order valence-electron chi connectivity index (χ2n) is 5.81. The van der Waals surface area contributed by atoms with Crippen molar-refractivity contribution in [1.29, 1.82) is 0 Å². The Bertz CT molecular complexity index is 735. The number of thiazole rings is 1. The van der Waals surface area contributed by atoms with Crippen LogP contribution in [-0.2, 0) is 11.3 Å². The highest BCUT2D eigenvalue weighted by atomic mass is 35.5. The minimum atomic E-state index is 0.0408. The molecule has 1 fully saturated rings. The Kier molecular flexibility index (Phi) is 5.66. The summed E-state index contributed by atoms with van der Waals surface area (Å²) in [4.78, 5) is 21.0. The van der Waals surface area contributed by atoms with E-state index in [0.29, 0.717) is 5.02 Å². The number of aryl methyl sites for hydroxylation is 1. The highest BCUT2D eigenvalue weighted by Crippen LogP contribution is 2.17. The number of rotatable bonds is 4. The van der Waals surface area contributed by atoms with Crippen LogP contribution >= 0.6 is 22.9 Å². The van der Waals surface area contributed by atoms with Crippen LogP contribution in [0.15, 0.2) is 35.7 Å². The number of aromatic nitrogens is 1. The first kappa shape index (κ1) is 17.1. The van der Waals surface area contributed by atoms with Gasteiger partial charge in [-0.1, -0.05) is 29.8 Å². The molecule has 4 nitrogen and oxygen atoms in total. The molecule has 1 aliphatic rings. The van der Waals surface area contributed by atoms with E-state index in [2.05, 4.69) is 15.3 Å². The minimum absolute atomic E-state index is 0.0408. The van der Waals surface area contributed by atoms with Crippen molar-refractivity contribution in [1.82, 2.24) is 14.8 Å². The summed E-state index contributed by atoms with van der Waals surface area (Å²) in [6, 6.07) is 7.52. The van der Waals surface area contributed by atoms with Gasteiger partial charge in [0.25, 0.3) is 0 Å². The first-order valence-electron chi connectivity index (χ1n) is 7.97. The van der Waals surface area contributed by atoms with Gasteiger partial charge < -0.3 is 4.90 Å². The molecule has 0 spiro atoms. The summed E-state index contributed by atoms with van der Waals surface area (Å²) < 4.78 is 0. The van der Waals surface area contributed by atoms with Crippen LogP contribution in [0, 0.1) is 6.92 Å². The lowest BCUT2D eigenvalue weighted by Gasteiger charge is -2.33. The van der Waals surface area contributed by atoms with Crippen LogP contribution in [0.5, 0.6) is 0 Å². The van der Waals surface area contributed by atoms with Gasteiger partial charge in [0, 0.05) is 49.2 Å². The molecule has 0 bridgehead atoms. The van der Waals surface area contributed by atoms with Gasteiger partial charge in [0.2, 0.25) is 5.91 Å². The Morgan fingerprint density at radius 1 is 1.29 bits per heavy atom. The smallest absolute Gasteiger partial charge is 0.246 e. The number of nitrogens with zero attached hydrogens (tertiary/aromatic N) is 3. The Balaban J connectivity index is 1.51. The molecule has 0 radical (unpaired) electrons. The molecule has 0 N–H and O–H groups in total. The van der Waals surface area contributed by atoms with Crippen molar-refractivity contribution in [3.63, 3.8) is 0 Å². The molecule has 0 aliphatic carbocycles. The maximum absolute atomic E-state index is 12.3. The van der Waals surface area contributed by atoms with E-state index in [0.717, 1.165) is 49.0 Å². The Hall–Kier alpha value is -1.69. The van der Waals surface area contributed by atoms with Crippen molar-refractivity contribution in [2.75, 3.05) is 26.2 Å². The molecular weight excluding hydrogens is 342 g/mol. The lowest BCUT2D eigenvalue weighted by Crippen LogP contribution is -2.47. The van der Waals surface area contributed by atoms with Crippen LogP contribution < -0.4 is 0 Å². The van der Waals surface area contributed by atoms with E-state index in [1.54, 1.807) is 23.5 Å². The van der Waals surface area contributed by atoms with Crippen LogP contribution in [-0.4, -0.2) is 46.9 Å². The molecule has 2 aromatic rings. The van der Waals surface area contributed by atoms with Crippen LogP contribution in [0.4, 0.5) is 0 Å². The number of piperazine rings is 1. The van der Waals surface area contributed by atoms with Gasteiger partial charge in [-0.15, -0.1) is 11.3 Å². The minimum Gasteiger partial charge on any atom is -0.337 e. The summed E-state index contributed by atoms with van der Waals surface area (Å²) in [5, 5.41) is 3.87. The van der Waals surface area contributed by atoms with Crippen molar-refractivity contribution >= 4 is 34.9 Å². The van der Waals surface area contributed by atoms with Gasteiger partial charge in [-0.25, -0.2) is 4.98 Å². The van der Waals surface area contributed by atoms with Crippen LogP contribution in [0.1, 0.15) is 16.3 Å². The summed E-state index contributed by atoms with van der Waals surface area (Å²) in [6.07, 6.45) is 3.40. The van der Waals surface area contributed by atoms with Gasteiger partial charge in [0.05, 0.1) is 10.7 Å². The van der Waals surface area contributed by atoms with Gasteiger partial charge in [0.1, 0.15) is 0 Å². The van der Waals surface area contributed by atoms with Gasteiger partial charge >= 0.3 is 0 Å². The second kappa shape index (κ2) is 7.92. The Morgan fingerprint density at radius 3 is 2.71 bits per heavy atom. The van der Waals surface area contributed by atoms with Crippen LogP contribution in [0.25, 0.3) is 6.08 Å². The lowest BCUT2D eigenvalue weighted by atomic mass is 10.2. The Labute approximate surface area is 151 Å². The summed E-state index contributed by atoms with van der Waals surface area (Å²) in [6.45, 7) is 6.13. The quantitative estimate of drug-likeness (QED) is 0.782. The largest absolute Gasteiger partial charge is 0.337 e. The monoisotopic (exact) mass is 361 g/mol. The maximum Gasteiger partial charge on any atom is 0.246 e. The van der Waals surface area contributed by atoms with E-state index in [1.165, 1.54) is 0 Å². The fraction of sp³-hybridized carbons (Fsp3) is 0.333. The molecule has 24 heavy (non-hydrogen) atoms. The molecule has 2 heterocycles. The first-order chi connectivity index (χ1) is 11.6. The standard InChI is InChI=1S/C18H20ClN3OS/c1-14-20-16(13-24-14)12-21-8-10-22(11-9-21)18(23)7-6-15-4-2-3-5-17(15)19/h2-7,13H,8-12H2,1H3/b7-6+. The summed E-state index contributed by atoms with van der Waals surface area (Å²) in [5.74, 6) is 0.0408. The summed E-state index contributed by atoms with van der Waals surface area (Å²) in [7, 11) is 0. The molecule has 0 unspecified atom stereocenters. The van der Waals surface area contributed by atoms with E-state index in [4.69, 9.17) is 11.6 Å². The number of amides is 1. The molecular formula is C18H20ClN3OS. The van der Waals surface area contributed by atoms with E-state index < -0.39 is 0 Å². The third-order valence-corrected chi connectivity index (χ3v) is 5.21. The number of halogens is 1. The van der Waals surface area contributed by atoms with Crippen molar-refractivity contribution in [2.45, 2.75) is 13.5 Å². The topological polar surface area (TPSA) is 36.4 Å². The van der Waals surface area contributed by atoms with Gasteiger partial charge in [-0.3, -0.25) is 9.69 Å². The van der Waals surface area contributed by atoms with Crippen LogP contribution in [0.2, 0.25) is 5.02 Å². The SMILES string of the molecule is Cc1nc(CN2CCN(C(=O)/C=C/c3ccccc3Cl)CC2)cs1. The second-order valence-corrected chi connectivity index (χ2v) is 7.28. The molecule has 1 amide bonds. The molecule has 126 valence electrons. The summed E-state index contributed by atoms with van der Waals surface area (Å²) in [5.41, 5.74) is 1.99. The van der Waals surface area contributed by atoms with Gasteiger partial charge in [-0.05, 0) is 24.6 Å². The number of hydrogen-bond acceptors (Lipinski definition) is 4. The highest BCUT2D eigenvalue weighted by Gasteiger charge is 2.20. The maximum atomic E-state index is 12.3. The first-order valence-corrected chi connectivity index (χ1v) is 9.22. The number of carbonyl (C=O) groups is 1. The number of hydrogen-bond donors (Lipinski definition) is 0. The number of carbonyl (C=O) groups excluding carboxylic acids is 1. The highest BCUT2D eigenvalue weighted by molar-refractivity contribution is 7.09. The van der Waals surface area contributed by atoms with E-state index >= 15 is 0 Å². The van der Waals surface area contributed by atoms with Gasteiger partial charge in [0.15, 0.2) is 0 Å². The average molecular weight is 362 g/mol. The third-order valence-electron chi connectivity index (χ3n) is 4.05. The number of benzene rings is 1. The molecule has 1 aromatic carbocycles. The molecule has 1 aromatic heterocycles. The molecule has 6 heteroatoms. The van der Waals surface area contributed by atoms with Gasteiger partial charge in [-0.2, -0.15) is 0 Å². The predicted octanol–water partition coefficient (Wildman–Crippen LogP) is 3.46. The third kappa shape index (κ3) is 4.44. The van der Waals surface area contributed by atoms with E-state index in [1.807, 2.05) is 36.1 Å². The predicted molar refractivity (Wildman–Crippen MR) is 99.2 cm³/mol. The fourth-order valence-electron chi connectivity index (χ4n) is 2.71. The average Bonchev–Trinajstić information content (AvgIpc) is 2.99. The van der Waals surface area contributed by atoms with E-state index in [9.17, 15) is 4.79 Å². The van der Waals surface area contributed by atoms with Crippen molar-refractivity contribution < 1.29 is 4.79 Å². The lowest BCUT2D eigenvalue weighted by molar-refractivity contribution is -0.127. The van der Waals surface area contributed by atoms with Crippen molar-refractivity contribution in [3.05, 3.63) is 57.0 Å². The normalized spacial score (nSPS) is 16.0. The van der Waals surface area contributed by atoms with Crippen LogP contribution in [0.3, 0.4) is 0 Å².